The Hall–Kier alpha value is -1.65. The molecule has 2 aromatic heterocycles. The fourth-order valence-electron chi connectivity index (χ4n) is 1.42. The summed E-state index contributed by atoms with van der Waals surface area (Å²) in [5.41, 5.74) is 0.908. The second kappa shape index (κ2) is 4.25. The van der Waals surface area contributed by atoms with Crippen molar-refractivity contribution in [2.75, 3.05) is 0 Å². The van der Waals surface area contributed by atoms with Gasteiger partial charge in [0.25, 0.3) is 0 Å². The lowest BCUT2D eigenvalue weighted by molar-refractivity contribution is 0.362. The fraction of sp³-hybridized carbons (Fsp3) is 0.500. The summed E-state index contributed by atoms with van der Waals surface area (Å²) in [7, 11) is 0. The maximum Gasteiger partial charge on any atom is 0.137 e. The summed E-state index contributed by atoms with van der Waals surface area (Å²) in [4.78, 5) is 0. The van der Waals surface area contributed by atoms with Gasteiger partial charge in [0.2, 0.25) is 0 Å². The van der Waals surface area contributed by atoms with Gasteiger partial charge in [0.15, 0.2) is 0 Å². The van der Waals surface area contributed by atoms with Gasteiger partial charge >= 0.3 is 0 Å². The van der Waals surface area contributed by atoms with Crippen LogP contribution in [0.1, 0.15) is 25.3 Å². The summed E-state index contributed by atoms with van der Waals surface area (Å²) in [6.45, 7) is 4.97. The van der Waals surface area contributed by atoms with Gasteiger partial charge in [-0.3, -0.25) is 0 Å². The van der Waals surface area contributed by atoms with E-state index in [0.717, 1.165) is 17.9 Å². The van der Waals surface area contributed by atoms with Crippen LogP contribution in [-0.2, 0) is 13.0 Å². The van der Waals surface area contributed by atoms with Gasteiger partial charge in [-0.2, -0.15) is 0 Å². The first kappa shape index (κ1) is 9.89. The molecule has 0 aromatic carbocycles. The van der Waals surface area contributed by atoms with E-state index in [1.165, 1.54) is 0 Å². The third-order valence-corrected chi connectivity index (χ3v) is 2.03. The Morgan fingerprint density at radius 3 is 2.73 bits per heavy atom. The standard InChI is InChI=1S/C10H14N4O/c1-8(2)3-10-4-9(13-15-10)5-14-6-11-12-7-14/h4,6-8H,3,5H2,1-2H3. The minimum absolute atomic E-state index is 0.584. The third kappa shape index (κ3) is 2.65. The quantitative estimate of drug-likeness (QED) is 0.760. The van der Waals surface area contributed by atoms with E-state index >= 15 is 0 Å². The van der Waals surface area contributed by atoms with Crippen LogP contribution < -0.4 is 0 Å². The molecule has 15 heavy (non-hydrogen) atoms. The highest BCUT2D eigenvalue weighted by atomic mass is 16.5. The Balaban J connectivity index is 2.01. The Labute approximate surface area is 88.1 Å². The van der Waals surface area contributed by atoms with Crippen molar-refractivity contribution < 1.29 is 4.52 Å². The Kier molecular flexibility index (Phi) is 2.80. The smallest absolute Gasteiger partial charge is 0.137 e. The molecule has 0 N–H and O–H groups in total. The molecule has 0 aliphatic carbocycles. The van der Waals surface area contributed by atoms with Crippen molar-refractivity contribution in [1.82, 2.24) is 19.9 Å². The summed E-state index contributed by atoms with van der Waals surface area (Å²) in [6, 6.07) is 1.99. The van der Waals surface area contributed by atoms with Crippen LogP contribution in [0.4, 0.5) is 0 Å². The van der Waals surface area contributed by atoms with E-state index in [1.807, 2.05) is 10.6 Å². The van der Waals surface area contributed by atoms with Crippen molar-refractivity contribution in [2.24, 2.45) is 5.92 Å². The highest BCUT2D eigenvalue weighted by Gasteiger charge is 2.06. The summed E-state index contributed by atoms with van der Waals surface area (Å²) in [5, 5.41) is 11.4. The van der Waals surface area contributed by atoms with Crippen LogP contribution in [0.5, 0.6) is 0 Å². The van der Waals surface area contributed by atoms with E-state index in [0.29, 0.717) is 12.5 Å². The first-order chi connectivity index (χ1) is 7.24. The first-order valence-electron chi connectivity index (χ1n) is 5.01. The monoisotopic (exact) mass is 206 g/mol. The molecule has 80 valence electrons. The average molecular weight is 206 g/mol. The summed E-state index contributed by atoms with van der Waals surface area (Å²) < 4.78 is 7.08. The molecule has 5 nitrogen and oxygen atoms in total. The van der Waals surface area contributed by atoms with E-state index in [-0.39, 0.29) is 0 Å². The fourth-order valence-corrected chi connectivity index (χ4v) is 1.42. The molecule has 5 heteroatoms. The molecule has 0 radical (unpaired) electrons. The first-order valence-corrected chi connectivity index (χ1v) is 5.01. The van der Waals surface area contributed by atoms with E-state index in [4.69, 9.17) is 4.52 Å². The molecule has 0 atom stereocenters. The molecule has 0 bridgehead atoms. The number of hydrogen-bond donors (Lipinski definition) is 0. The molecule has 0 aliphatic heterocycles. The lowest BCUT2D eigenvalue weighted by atomic mass is 10.1. The van der Waals surface area contributed by atoms with Gasteiger partial charge in [-0.1, -0.05) is 19.0 Å². The lowest BCUT2D eigenvalue weighted by Gasteiger charge is -1.97. The van der Waals surface area contributed by atoms with E-state index < -0.39 is 0 Å². The summed E-state index contributed by atoms with van der Waals surface area (Å²) in [5.74, 6) is 1.52. The van der Waals surface area contributed by atoms with Crippen LogP contribution in [0, 0.1) is 5.92 Å². The van der Waals surface area contributed by atoms with Crippen molar-refractivity contribution in [1.29, 1.82) is 0 Å². The van der Waals surface area contributed by atoms with Crippen LogP contribution in [-0.4, -0.2) is 19.9 Å². The predicted molar refractivity (Wildman–Crippen MR) is 54.2 cm³/mol. The van der Waals surface area contributed by atoms with Crippen molar-refractivity contribution in [3.8, 4) is 0 Å². The van der Waals surface area contributed by atoms with Crippen LogP contribution in [0.25, 0.3) is 0 Å². The van der Waals surface area contributed by atoms with Crippen LogP contribution in [0.2, 0.25) is 0 Å². The predicted octanol–water partition coefficient (Wildman–Crippen LogP) is 1.51. The van der Waals surface area contributed by atoms with Gasteiger partial charge in [0.05, 0.1) is 6.54 Å². The van der Waals surface area contributed by atoms with E-state index in [1.54, 1.807) is 12.7 Å². The average Bonchev–Trinajstić information content (AvgIpc) is 2.77. The van der Waals surface area contributed by atoms with Crippen molar-refractivity contribution >= 4 is 0 Å². The summed E-state index contributed by atoms with van der Waals surface area (Å²) >= 11 is 0. The zero-order chi connectivity index (χ0) is 10.7. The molecule has 0 saturated carbocycles. The Morgan fingerprint density at radius 2 is 2.07 bits per heavy atom. The van der Waals surface area contributed by atoms with Crippen LogP contribution >= 0.6 is 0 Å². The summed E-state index contributed by atoms with van der Waals surface area (Å²) in [6.07, 6.45) is 4.25. The molecule has 0 saturated heterocycles. The van der Waals surface area contributed by atoms with Crippen molar-refractivity contribution in [3.05, 3.63) is 30.2 Å². The molecule has 2 heterocycles. The zero-order valence-corrected chi connectivity index (χ0v) is 8.92. The number of aromatic nitrogens is 4. The Bertz CT molecular complexity index is 405. The molecular formula is C10H14N4O. The molecule has 0 fully saturated rings. The lowest BCUT2D eigenvalue weighted by Crippen LogP contribution is -1.96. The zero-order valence-electron chi connectivity index (χ0n) is 8.92. The molecule has 2 rings (SSSR count). The molecule has 0 spiro atoms. The van der Waals surface area contributed by atoms with Gasteiger partial charge in [-0.25, -0.2) is 0 Å². The topological polar surface area (TPSA) is 56.7 Å². The van der Waals surface area contributed by atoms with Gasteiger partial charge in [0, 0.05) is 12.5 Å². The third-order valence-electron chi connectivity index (χ3n) is 2.03. The maximum atomic E-state index is 5.22. The Morgan fingerprint density at radius 1 is 1.33 bits per heavy atom. The molecule has 2 aromatic rings. The van der Waals surface area contributed by atoms with Crippen LogP contribution in [0.15, 0.2) is 23.2 Å². The van der Waals surface area contributed by atoms with Gasteiger partial charge in [-0.15, -0.1) is 10.2 Å². The van der Waals surface area contributed by atoms with E-state index in [9.17, 15) is 0 Å². The molecule has 0 unspecified atom stereocenters. The largest absolute Gasteiger partial charge is 0.361 e. The van der Waals surface area contributed by atoms with Gasteiger partial charge in [-0.05, 0) is 5.92 Å². The SMILES string of the molecule is CC(C)Cc1cc(Cn2cnnc2)no1. The minimum Gasteiger partial charge on any atom is -0.361 e. The van der Waals surface area contributed by atoms with Gasteiger partial charge < -0.3 is 9.09 Å². The highest BCUT2D eigenvalue weighted by molar-refractivity contribution is 5.06. The highest BCUT2D eigenvalue weighted by Crippen LogP contribution is 2.10. The van der Waals surface area contributed by atoms with Crippen molar-refractivity contribution in [2.45, 2.75) is 26.8 Å². The number of nitrogens with zero attached hydrogens (tertiary/aromatic N) is 4. The van der Waals surface area contributed by atoms with Crippen molar-refractivity contribution in [3.63, 3.8) is 0 Å². The number of hydrogen-bond acceptors (Lipinski definition) is 4. The second-order valence-corrected chi connectivity index (χ2v) is 4.02. The number of rotatable bonds is 4. The molecular weight excluding hydrogens is 192 g/mol. The maximum absolute atomic E-state index is 5.22. The normalized spacial score (nSPS) is 11.1. The van der Waals surface area contributed by atoms with Crippen LogP contribution in [0.3, 0.4) is 0 Å². The second-order valence-electron chi connectivity index (χ2n) is 4.02. The molecule has 0 aliphatic rings. The van der Waals surface area contributed by atoms with E-state index in [2.05, 4.69) is 29.2 Å². The van der Waals surface area contributed by atoms with Gasteiger partial charge in [0.1, 0.15) is 24.1 Å². The molecule has 0 amide bonds. The minimum atomic E-state index is 0.584.